The van der Waals surface area contributed by atoms with Crippen LogP contribution in [0.1, 0.15) is 37.3 Å². The number of carbonyl (C=O) groups is 2. The van der Waals surface area contributed by atoms with Gasteiger partial charge in [0.15, 0.2) is 17.6 Å². The maximum absolute atomic E-state index is 12.3. The summed E-state index contributed by atoms with van der Waals surface area (Å²) in [6.45, 7) is 5.16. The van der Waals surface area contributed by atoms with E-state index < -0.39 is 12.1 Å². The van der Waals surface area contributed by atoms with E-state index in [0.717, 1.165) is 12.0 Å². The van der Waals surface area contributed by atoms with E-state index in [1.54, 1.807) is 25.1 Å². The van der Waals surface area contributed by atoms with Gasteiger partial charge in [-0.1, -0.05) is 43.3 Å². The number of esters is 1. The molecule has 0 radical (unpaired) electrons. The van der Waals surface area contributed by atoms with Crippen LogP contribution >= 0.6 is 0 Å². The lowest BCUT2D eigenvalue weighted by molar-refractivity contribution is -0.150. The molecule has 0 aliphatic carbocycles. The zero-order valence-corrected chi connectivity index (χ0v) is 17.3. The van der Waals surface area contributed by atoms with Gasteiger partial charge in [0, 0.05) is 18.5 Å². The van der Waals surface area contributed by atoms with Crippen LogP contribution < -0.4 is 14.8 Å². The topological polar surface area (TPSA) is 73.9 Å². The number of rotatable bonds is 8. The Hall–Kier alpha value is -3.28. The van der Waals surface area contributed by atoms with E-state index in [4.69, 9.17) is 14.2 Å². The Morgan fingerprint density at radius 3 is 2.57 bits per heavy atom. The van der Waals surface area contributed by atoms with Gasteiger partial charge in [0.1, 0.15) is 13.2 Å². The predicted octanol–water partition coefficient (Wildman–Crippen LogP) is 3.71. The Morgan fingerprint density at radius 1 is 1.10 bits per heavy atom. The fraction of sp³-hybridized carbons (Fsp3) is 0.333. The molecule has 0 unspecified atom stereocenters. The van der Waals surface area contributed by atoms with Gasteiger partial charge in [-0.25, -0.2) is 4.79 Å². The Labute approximate surface area is 176 Å². The minimum Gasteiger partial charge on any atom is -0.486 e. The summed E-state index contributed by atoms with van der Waals surface area (Å²) in [6.07, 6.45) is 2.94. The lowest BCUT2D eigenvalue weighted by Gasteiger charge is -2.18. The molecule has 3 rings (SSSR count). The van der Waals surface area contributed by atoms with E-state index in [0.29, 0.717) is 31.3 Å². The van der Waals surface area contributed by atoms with Gasteiger partial charge in [0.05, 0.1) is 0 Å². The Balaban J connectivity index is 1.48. The molecule has 1 N–H and O–H groups in total. The molecular formula is C24H27NO5. The van der Waals surface area contributed by atoms with Crippen molar-refractivity contribution >= 4 is 18.0 Å². The third-order valence-corrected chi connectivity index (χ3v) is 4.93. The molecule has 1 aliphatic heterocycles. The van der Waals surface area contributed by atoms with Gasteiger partial charge in [0.2, 0.25) is 0 Å². The van der Waals surface area contributed by atoms with Gasteiger partial charge < -0.3 is 19.5 Å². The quantitative estimate of drug-likeness (QED) is 0.531. The van der Waals surface area contributed by atoms with Crippen LogP contribution in [0.5, 0.6) is 11.5 Å². The first-order chi connectivity index (χ1) is 14.6. The number of fused-ring (bicyclic) bond motifs is 1. The monoisotopic (exact) mass is 409 g/mol. The molecule has 0 spiro atoms. The maximum Gasteiger partial charge on any atom is 0.331 e. The lowest BCUT2D eigenvalue weighted by Crippen LogP contribution is -2.37. The number of amides is 1. The van der Waals surface area contributed by atoms with Crippen molar-refractivity contribution in [2.45, 2.75) is 32.3 Å². The number of hydrogen-bond acceptors (Lipinski definition) is 5. The standard InChI is InChI=1S/C24H27NO5/c1-3-19(20-7-5-4-6-8-20)16-25-24(27)17(2)30-23(26)12-10-18-9-11-21-22(15-18)29-14-13-28-21/h4-12,15,17,19H,3,13-14,16H2,1-2H3,(H,25,27)/b12-10+/t17-,19-/m1/s1. The van der Waals surface area contributed by atoms with E-state index in [9.17, 15) is 9.59 Å². The molecule has 158 valence electrons. The molecule has 0 bridgehead atoms. The largest absolute Gasteiger partial charge is 0.486 e. The van der Waals surface area contributed by atoms with Crippen molar-refractivity contribution in [3.05, 3.63) is 65.7 Å². The summed E-state index contributed by atoms with van der Waals surface area (Å²) in [4.78, 5) is 24.4. The minimum atomic E-state index is -0.879. The summed E-state index contributed by atoms with van der Waals surface area (Å²) in [5.74, 6) is 0.654. The van der Waals surface area contributed by atoms with E-state index in [1.165, 1.54) is 11.6 Å². The highest BCUT2D eigenvalue weighted by atomic mass is 16.6. The summed E-state index contributed by atoms with van der Waals surface area (Å²) < 4.78 is 16.2. The van der Waals surface area contributed by atoms with Gasteiger partial charge in [-0.2, -0.15) is 0 Å². The third-order valence-electron chi connectivity index (χ3n) is 4.93. The zero-order chi connectivity index (χ0) is 21.3. The summed E-state index contributed by atoms with van der Waals surface area (Å²) >= 11 is 0. The Kier molecular flexibility index (Phi) is 7.49. The van der Waals surface area contributed by atoms with Crippen LogP contribution in [-0.4, -0.2) is 37.7 Å². The summed E-state index contributed by atoms with van der Waals surface area (Å²) in [7, 11) is 0. The number of ether oxygens (including phenoxy) is 3. The van der Waals surface area contributed by atoms with Gasteiger partial charge in [-0.3, -0.25) is 4.79 Å². The molecule has 0 fully saturated rings. The molecule has 2 aromatic carbocycles. The van der Waals surface area contributed by atoms with Crippen molar-refractivity contribution in [3.8, 4) is 11.5 Å². The molecule has 0 aromatic heterocycles. The molecular weight excluding hydrogens is 382 g/mol. The zero-order valence-electron chi connectivity index (χ0n) is 17.3. The van der Waals surface area contributed by atoms with Gasteiger partial charge in [-0.05, 0) is 42.7 Å². The van der Waals surface area contributed by atoms with Crippen molar-refractivity contribution < 1.29 is 23.8 Å². The fourth-order valence-electron chi connectivity index (χ4n) is 3.19. The molecule has 1 amide bonds. The van der Waals surface area contributed by atoms with Crippen molar-refractivity contribution in [2.75, 3.05) is 19.8 Å². The van der Waals surface area contributed by atoms with Crippen LogP contribution in [0.4, 0.5) is 0 Å². The molecule has 6 heteroatoms. The van der Waals surface area contributed by atoms with Crippen LogP contribution in [0.3, 0.4) is 0 Å². The molecule has 2 aromatic rings. The van der Waals surface area contributed by atoms with E-state index in [2.05, 4.69) is 12.2 Å². The van der Waals surface area contributed by atoms with E-state index >= 15 is 0 Å². The first kappa shape index (κ1) is 21.4. The Morgan fingerprint density at radius 2 is 1.83 bits per heavy atom. The second-order valence-corrected chi connectivity index (χ2v) is 7.08. The Bertz CT molecular complexity index is 894. The molecule has 2 atom stereocenters. The van der Waals surface area contributed by atoms with Gasteiger partial charge in [-0.15, -0.1) is 0 Å². The second kappa shape index (κ2) is 10.5. The molecule has 1 aliphatic rings. The minimum absolute atomic E-state index is 0.216. The number of hydrogen-bond donors (Lipinski definition) is 1. The highest BCUT2D eigenvalue weighted by Gasteiger charge is 2.18. The number of nitrogens with one attached hydrogen (secondary N) is 1. The van der Waals surface area contributed by atoms with Crippen LogP contribution in [0.2, 0.25) is 0 Å². The van der Waals surface area contributed by atoms with Crippen LogP contribution in [-0.2, 0) is 14.3 Å². The first-order valence-electron chi connectivity index (χ1n) is 10.2. The smallest absolute Gasteiger partial charge is 0.331 e. The van der Waals surface area contributed by atoms with E-state index in [-0.39, 0.29) is 11.8 Å². The third kappa shape index (κ3) is 5.86. The summed E-state index contributed by atoms with van der Waals surface area (Å²) in [5.41, 5.74) is 1.95. The highest BCUT2D eigenvalue weighted by Crippen LogP contribution is 2.31. The molecule has 0 saturated carbocycles. The first-order valence-corrected chi connectivity index (χ1v) is 10.2. The van der Waals surface area contributed by atoms with E-state index in [1.807, 2.05) is 36.4 Å². The summed E-state index contributed by atoms with van der Waals surface area (Å²) in [6, 6.07) is 15.4. The van der Waals surface area contributed by atoms with Crippen LogP contribution in [0.25, 0.3) is 6.08 Å². The predicted molar refractivity (Wildman–Crippen MR) is 115 cm³/mol. The second-order valence-electron chi connectivity index (χ2n) is 7.08. The number of benzene rings is 2. The van der Waals surface area contributed by atoms with Gasteiger partial charge >= 0.3 is 5.97 Å². The summed E-state index contributed by atoms with van der Waals surface area (Å²) in [5, 5.41) is 2.87. The van der Waals surface area contributed by atoms with Crippen LogP contribution in [0.15, 0.2) is 54.6 Å². The fourth-order valence-corrected chi connectivity index (χ4v) is 3.19. The molecule has 6 nitrogen and oxygen atoms in total. The lowest BCUT2D eigenvalue weighted by atomic mass is 9.96. The average Bonchev–Trinajstić information content (AvgIpc) is 2.78. The molecule has 0 saturated heterocycles. The van der Waals surface area contributed by atoms with Crippen molar-refractivity contribution in [3.63, 3.8) is 0 Å². The normalized spacial score (nSPS) is 14.7. The maximum atomic E-state index is 12.3. The average molecular weight is 409 g/mol. The molecule has 1 heterocycles. The molecule has 30 heavy (non-hydrogen) atoms. The van der Waals surface area contributed by atoms with Crippen molar-refractivity contribution in [1.82, 2.24) is 5.32 Å². The highest BCUT2D eigenvalue weighted by molar-refractivity contribution is 5.90. The SMILES string of the molecule is CC[C@H](CNC(=O)[C@@H](C)OC(=O)/C=C/c1ccc2c(c1)OCCO2)c1ccccc1. The number of carbonyl (C=O) groups excluding carboxylic acids is 2. The van der Waals surface area contributed by atoms with Gasteiger partial charge in [0.25, 0.3) is 5.91 Å². The van der Waals surface area contributed by atoms with Crippen LogP contribution in [0, 0.1) is 0 Å². The van der Waals surface area contributed by atoms with Crippen molar-refractivity contribution in [2.24, 2.45) is 0 Å². The van der Waals surface area contributed by atoms with Crippen molar-refractivity contribution in [1.29, 1.82) is 0 Å².